The first kappa shape index (κ1) is 17.4. The SMILES string of the molecule is FC(F)(F)COCCCN1CCN(c2ncnc3ccsc23)CC1. The van der Waals surface area contributed by atoms with E-state index in [0.717, 1.165) is 48.8 Å². The average molecular weight is 360 g/mol. The Kier molecular flexibility index (Phi) is 5.52. The number of rotatable bonds is 6. The summed E-state index contributed by atoms with van der Waals surface area (Å²) in [6, 6.07) is 1.99. The van der Waals surface area contributed by atoms with Gasteiger partial charge in [-0.25, -0.2) is 9.97 Å². The molecule has 0 aliphatic carbocycles. The van der Waals surface area contributed by atoms with Crippen LogP contribution in [0.2, 0.25) is 0 Å². The molecule has 0 spiro atoms. The molecule has 0 N–H and O–H groups in total. The number of halogens is 3. The fourth-order valence-electron chi connectivity index (χ4n) is 2.76. The highest BCUT2D eigenvalue weighted by atomic mass is 32.1. The Morgan fingerprint density at radius 1 is 1.17 bits per heavy atom. The molecule has 3 rings (SSSR count). The first-order chi connectivity index (χ1) is 11.5. The molecule has 0 saturated carbocycles. The second-order valence-corrected chi connectivity index (χ2v) is 6.60. The highest BCUT2D eigenvalue weighted by Crippen LogP contribution is 2.28. The molecule has 132 valence electrons. The van der Waals surface area contributed by atoms with Crippen molar-refractivity contribution in [2.45, 2.75) is 12.6 Å². The van der Waals surface area contributed by atoms with Gasteiger partial charge in [-0.05, 0) is 17.9 Å². The van der Waals surface area contributed by atoms with Gasteiger partial charge in [0.15, 0.2) is 0 Å². The third-order valence-electron chi connectivity index (χ3n) is 3.92. The van der Waals surface area contributed by atoms with Crippen molar-refractivity contribution in [2.75, 3.05) is 50.8 Å². The van der Waals surface area contributed by atoms with Gasteiger partial charge in [-0.3, -0.25) is 4.90 Å². The zero-order chi connectivity index (χ0) is 17.0. The molecule has 2 aromatic rings. The van der Waals surface area contributed by atoms with E-state index in [4.69, 9.17) is 0 Å². The van der Waals surface area contributed by atoms with Crippen LogP contribution in [0.4, 0.5) is 19.0 Å². The highest BCUT2D eigenvalue weighted by molar-refractivity contribution is 7.17. The maximum Gasteiger partial charge on any atom is 0.411 e. The minimum atomic E-state index is -4.24. The summed E-state index contributed by atoms with van der Waals surface area (Å²) in [4.78, 5) is 13.2. The minimum Gasteiger partial charge on any atom is -0.372 e. The predicted molar refractivity (Wildman–Crippen MR) is 87.6 cm³/mol. The number of ether oxygens (including phenoxy) is 1. The van der Waals surface area contributed by atoms with Crippen molar-refractivity contribution in [2.24, 2.45) is 0 Å². The molecule has 24 heavy (non-hydrogen) atoms. The molecule has 0 atom stereocenters. The third-order valence-corrected chi connectivity index (χ3v) is 4.82. The Morgan fingerprint density at radius 3 is 2.71 bits per heavy atom. The van der Waals surface area contributed by atoms with Gasteiger partial charge in [-0.2, -0.15) is 13.2 Å². The summed E-state index contributed by atoms with van der Waals surface area (Å²) < 4.78 is 41.7. The summed E-state index contributed by atoms with van der Waals surface area (Å²) in [6.45, 7) is 3.18. The molecule has 0 amide bonds. The van der Waals surface area contributed by atoms with Gasteiger partial charge in [0.25, 0.3) is 0 Å². The monoisotopic (exact) mass is 360 g/mol. The molecule has 5 nitrogen and oxygen atoms in total. The van der Waals surface area contributed by atoms with Crippen LogP contribution in [-0.2, 0) is 4.74 Å². The van der Waals surface area contributed by atoms with Crippen molar-refractivity contribution in [3.05, 3.63) is 17.8 Å². The summed E-state index contributed by atoms with van der Waals surface area (Å²) in [6.07, 6.45) is -2.04. The van der Waals surface area contributed by atoms with Crippen LogP contribution in [0, 0.1) is 0 Å². The van der Waals surface area contributed by atoms with E-state index in [0.29, 0.717) is 6.42 Å². The maximum absolute atomic E-state index is 12.0. The third kappa shape index (κ3) is 4.55. The molecule has 0 bridgehead atoms. The minimum absolute atomic E-state index is 0.140. The lowest BCUT2D eigenvalue weighted by molar-refractivity contribution is -0.174. The number of hydrogen-bond acceptors (Lipinski definition) is 6. The van der Waals surface area contributed by atoms with E-state index in [2.05, 4.69) is 24.5 Å². The van der Waals surface area contributed by atoms with E-state index < -0.39 is 12.8 Å². The van der Waals surface area contributed by atoms with Crippen LogP contribution in [-0.4, -0.2) is 67.0 Å². The molecular formula is C15H19F3N4OS. The molecule has 1 saturated heterocycles. The van der Waals surface area contributed by atoms with Gasteiger partial charge in [0.2, 0.25) is 0 Å². The van der Waals surface area contributed by atoms with Gasteiger partial charge >= 0.3 is 6.18 Å². The largest absolute Gasteiger partial charge is 0.411 e. The van der Waals surface area contributed by atoms with Crippen LogP contribution < -0.4 is 4.90 Å². The Hall–Kier alpha value is -1.45. The van der Waals surface area contributed by atoms with Crippen LogP contribution in [0.15, 0.2) is 17.8 Å². The number of alkyl halides is 3. The number of aromatic nitrogens is 2. The van der Waals surface area contributed by atoms with E-state index in [9.17, 15) is 13.2 Å². The van der Waals surface area contributed by atoms with Crippen LogP contribution in [0.3, 0.4) is 0 Å². The molecule has 2 aromatic heterocycles. The zero-order valence-corrected chi connectivity index (χ0v) is 13.9. The molecule has 0 aromatic carbocycles. The quantitative estimate of drug-likeness (QED) is 0.741. The number of nitrogens with zero attached hydrogens (tertiary/aromatic N) is 4. The van der Waals surface area contributed by atoms with E-state index in [1.54, 1.807) is 17.7 Å². The first-order valence-electron chi connectivity index (χ1n) is 7.83. The van der Waals surface area contributed by atoms with Gasteiger partial charge in [-0.1, -0.05) is 0 Å². The average Bonchev–Trinajstić information content (AvgIpc) is 3.03. The van der Waals surface area contributed by atoms with Crippen LogP contribution in [0.1, 0.15) is 6.42 Å². The van der Waals surface area contributed by atoms with Gasteiger partial charge in [0.05, 0.1) is 10.2 Å². The van der Waals surface area contributed by atoms with Crippen molar-refractivity contribution in [1.29, 1.82) is 0 Å². The van der Waals surface area contributed by atoms with E-state index in [1.165, 1.54) is 0 Å². The highest BCUT2D eigenvalue weighted by Gasteiger charge is 2.27. The lowest BCUT2D eigenvalue weighted by Gasteiger charge is -2.35. The first-order valence-corrected chi connectivity index (χ1v) is 8.71. The zero-order valence-electron chi connectivity index (χ0n) is 13.1. The van der Waals surface area contributed by atoms with Crippen molar-refractivity contribution >= 4 is 27.4 Å². The second kappa shape index (κ2) is 7.62. The Balaban J connectivity index is 1.42. The van der Waals surface area contributed by atoms with Gasteiger partial charge in [-0.15, -0.1) is 11.3 Å². The fraction of sp³-hybridized carbons (Fsp3) is 0.600. The summed E-state index contributed by atoms with van der Waals surface area (Å²) in [7, 11) is 0. The summed E-state index contributed by atoms with van der Waals surface area (Å²) in [5, 5.41) is 2.01. The van der Waals surface area contributed by atoms with Crippen molar-refractivity contribution < 1.29 is 17.9 Å². The predicted octanol–water partition coefficient (Wildman–Crippen LogP) is 2.78. The molecular weight excluding hydrogens is 341 g/mol. The maximum atomic E-state index is 12.0. The van der Waals surface area contributed by atoms with Gasteiger partial charge < -0.3 is 9.64 Å². The van der Waals surface area contributed by atoms with Crippen molar-refractivity contribution in [3.63, 3.8) is 0 Å². The van der Waals surface area contributed by atoms with Gasteiger partial charge in [0.1, 0.15) is 18.8 Å². The molecule has 0 radical (unpaired) electrons. The number of hydrogen-bond donors (Lipinski definition) is 0. The number of fused-ring (bicyclic) bond motifs is 1. The number of thiophene rings is 1. The van der Waals surface area contributed by atoms with Crippen molar-refractivity contribution in [1.82, 2.24) is 14.9 Å². The molecule has 1 aliphatic heterocycles. The second-order valence-electron chi connectivity index (χ2n) is 5.68. The van der Waals surface area contributed by atoms with Crippen molar-refractivity contribution in [3.8, 4) is 0 Å². The summed E-state index contributed by atoms with van der Waals surface area (Å²) in [5.41, 5.74) is 0.967. The van der Waals surface area contributed by atoms with Crippen LogP contribution >= 0.6 is 11.3 Å². The van der Waals surface area contributed by atoms with E-state index in [1.807, 2.05) is 11.4 Å². The number of piperazine rings is 1. The Morgan fingerprint density at radius 2 is 1.96 bits per heavy atom. The van der Waals surface area contributed by atoms with Gasteiger partial charge in [0, 0.05) is 39.3 Å². The molecule has 1 aliphatic rings. The Bertz CT molecular complexity index is 655. The lowest BCUT2D eigenvalue weighted by Crippen LogP contribution is -2.47. The molecule has 3 heterocycles. The fourth-order valence-corrected chi connectivity index (χ4v) is 3.62. The van der Waals surface area contributed by atoms with E-state index >= 15 is 0 Å². The number of anilines is 1. The normalized spacial score (nSPS) is 16.9. The Labute approximate surface area is 142 Å². The lowest BCUT2D eigenvalue weighted by atomic mass is 10.3. The summed E-state index contributed by atoms with van der Waals surface area (Å²) >= 11 is 1.64. The molecule has 0 unspecified atom stereocenters. The summed E-state index contributed by atoms with van der Waals surface area (Å²) in [5.74, 6) is 0.975. The molecule has 1 fully saturated rings. The van der Waals surface area contributed by atoms with E-state index in [-0.39, 0.29) is 6.61 Å². The smallest absolute Gasteiger partial charge is 0.372 e. The molecule has 9 heteroatoms. The standard InChI is InChI=1S/C15H19F3N4OS/c16-15(17,18)10-23-8-1-3-21-4-6-22(7-5-21)14-13-12(2-9-24-13)19-11-20-14/h2,9,11H,1,3-8,10H2. The van der Waals surface area contributed by atoms with Crippen LogP contribution in [0.5, 0.6) is 0 Å². The topological polar surface area (TPSA) is 41.5 Å². The van der Waals surface area contributed by atoms with Crippen LogP contribution in [0.25, 0.3) is 10.2 Å².